The first kappa shape index (κ1) is 15.0. The van der Waals surface area contributed by atoms with Crippen molar-refractivity contribution in [3.63, 3.8) is 0 Å². The van der Waals surface area contributed by atoms with Crippen LogP contribution >= 0.6 is 11.8 Å². The molecular formula is C18H20N2OS. The van der Waals surface area contributed by atoms with Crippen molar-refractivity contribution in [3.8, 4) is 0 Å². The van der Waals surface area contributed by atoms with Gasteiger partial charge in [0.25, 0.3) is 5.91 Å². The minimum Gasteiger partial charge on any atom is -0.368 e. The van der Waals surface area contributed by atoms with Gasteiger partial charge in [0.05, 0.1) is 0 Å². The van der Waals surface area contributed by atoms with E-state index in [2.05, 4.69) is 29.2 Å². The number of benzene rings is 2. The molecule has 0 aromatic heterocycles. The Morgan fingerprint density at radius 1 is 0.955 bits per heavy atom. The van der Waals surface area contributed by atoms with Crippen LogP contribution in [-0.2, 0) is 0 Å². The molecule has 2 aromatic rings. The Kier molecular flexibility index (Phi) is 4.68. The summed E-state index contributed by atoms with van der Waals surface area (Å²) in [5.41, 5.74) is 2.03. The molecule has 0 saturated carbocycles. The van der Waals surface area contributed by atoms with Crippen LogP contribution in [0.25, 0.3) is 0 Å². The molecule has 0 aliphatic carbocycles. The van der Waals surface area contributed by atoms with Gasteiger partial charge in [-0.05, 0) is 36.6 Å². The van der Waals surface area contributed by atoms with Crippen LogP contribution in [0, 0.1) is 0 Å². The molecule has 1 aliphatic rings. The lowest BCUT2D eigenvalue weighted by Gasteiger charge is -2.36. The first-order chi connectivity index (χ1) is 10.8. The lowest BCUT2D eigenvalue weighted by atomic mass is 10.1. The van der Waals surface area contributed by atoms with Crippen LogP contribution in [0.3, 0.4) is 0 Å². The molecule has 1 amide bonds. The van der Waals surface area contributed by atoms with Crippen LogP contribution in [-0.4, -0.2) is 43.2 Å². The zero-order chi connectivity index (χ0) is 15.4. The first-order valence-corrected chi connectivity index (χ1v) is 8.74. The highest BCUT2D eigenvalue weighted by atomic mass is 32.2. The molecule has 3 rings (SSSR count). The Morgan fingerprint density at radius 2 is 1.68 bits per heavy atom. The fourth-order valence-corrected chi connectivity index (χ4v) is 3.20. The number of hydrogen-bond donors (Lipinski definition) is 0. The first-order valence-electron chi connectivity index (χ1n) is 7.51. The molecule has 0 N–H and O–H groups in total. The number of carbonyl (C=O) groups excluding carboxylic acids is 1. The fraction of sp³-hybridized carbons (Fsp3) is 0.278. The number of nitrogens with zero attached hydrogens (tertiary/aromatic N) is 2. The molecule has 3 nitrogen and oxygen atoms in total. The van der Waals surface area contributed by atoms with Crippen molar-refractivity contribution in [1.29, 1.82) is 0 Å². The van der Waals surface area contributed by atoms with Gasteiger partial charge >= 0.3 is 0 Å². The van der Waals surface area contributed by atoms with Crippen LogP contribution in [0.15, 0.2) is 59.5 Å². The minimum atomic E-state index is 0.142. The summed E-state index contributed by atoms with van der Waals surface area (Å²) in [5.74, 6) is 0.142. The van der Waals surface area contributed by atoms with Crippen molar-refractivity contribution in [2.45, 2.75) is 4.90 Å². The van der Waals surface area contributed by atoms with Crippen LogP contribution in [0.1, 0.15) is 10.4 Å². The Labute approximate surface area is 135 Å². The quantitative estimate of drug-likeness (QED) is 0.812. The predicted molar refractivity (Wildman–Crippen MR) is 92.8 cm³/mol. The number of anilines is 1. The summed E-state index contributed by atoms with van der Waals surface area (Å²) in [6.45, 7) is 3.32. The molecule has 1 heterocycles. The zero-order valence-corrected chi connectivity index (χ0v) is 13.6. The molecule has 22 heavy (non-hydrogen) atoms. The molecule has 0 unspecified atom stereocenters. The van der Waals surface area contributed by atoms with Crippen molar-refractivity contribution >= 4 is 23.4 Å². The van der Waals surface area contributed by atoms with Gasteiger partial charge in [0, 0.05) is 42.3 Å². The summed E-state index contributed by atoms with van der Waals surface area (Å²) in [6.07, 6.45) is 2.03. The van der Waals surface area contributed by atoms with E-state index in [-0.39, 0.29) is 5.91 Å². The van der Waals surface area contributed by atoms with Crippen LogP contribution in [0.4, 0.5) is 5.69 Å². The summed E-state index contributed by atoms with van der Waals surface area (Å²) in [6, 6.07) is 18.3. The van der Waals surface area contributed by atoms with E-state index in [1.54, 1.807) is 11.8 Å². The van der Waals surface area contributed by atoms with E-state index in [0.717, 1.165) is 36.6 Å². The third kappa shape index (κ3) is 3.28. The Morgan fingerprint density at radius 3 is 2.36 bits per heavy atom. The average Bonchev–Trinajstić information content (AvgIpc) is 2.62. The molecule has 0 spiro atoms. The molecule has 1 saturated heterocycles. The zero-order valence-electron chi connectivity index (χ0n) is 12.7. The van der Waals surface area contributed by atoms with E-state index >= 15 is 0 Å². The maximum absolute atomic E-state index is 12.6. The van der Waals surface area contributed by atoms with Crippen molar-refractivity contribution in [1.82, 2.24) is 4.90 Å². The van der Waals surface area contributed by atoms with Gasteiger partial charge in [-0.25, -0.2) is 0 Å². The second kappa shape index (κ2) is 6.88. The number of carbonyl (C=O) groups is 1. The normalized spacial score (nSPS) is 15.0. The van der Waals surface area contributed by atoms with Crippen molar-refractivity contribution in [2.24, 2.45) is 0 Å². The Balaban J connectivity index is 1.64. The second-order valence-corrected chi connectivity index (χ2v) is 6.23. The van der Waals surface area contributed by atoms with E-state index in [1.165, 1.54) is 5.69 Å². The van der Waals surface area contributed by atoms with E-state index < -0.39 is 0 Å². The highest BCUT2D eigenvalue weighted by molar-refractivity contribution is 7.98. The summed E-state index contributed by atoms with van der Waals surface area (Å²) in [4.78, 5) is 18.0. The number of para-hydroxylation sites is 1. The van der Waals surface area contributed by atoms with E-state index in [0.29, 0.717) is 0 Å². The molecule has 0 atom stereocenters. The molecule has 114 valence electrons. The van der Waals surface area contributed by atoms with Gasteiger partial charge in [-0.2, -0.15) is 0 Å². The maximum atomic E-state index is 12.6. The Hall–Kier alpha value is -1.94. The van der Waals surface area contributed by atoms with Gasteiger partial charge in [-0.3, -0.25) is 4.79 Å². The van der Waals surface area contributed by atoms with E-state index in [1.807, 2.05) is 41.5 Å². The number of thioether (sulfide) groups is 1. The summed E-state index contributed by atoms with van der Waals surface area (Å²) >= 11 is 1.67. The van der Waals surface area contributed by atoms with Crippen molar-refractivity contribution in [2.75, 3.05) is 37.3 Å². The summed E-state index contributed by atoms with van der Waals surface area (Å²) in [7, 11) is 0. The van der Waals surface area contributed by atoms with Gasteiger partial charge in [0.2, 0.25) is 0 Å². The van der Waals surface area contributed by atoms with Crippen LogP contribution in [0.2, 0.25) is 0 Å². The van der Waals surface area contributed by atoms with Crippen LogP contribution in [0.5, 0.6) is 0 Å². The standard InChI is InChI=1S/C18H20N2OS/c1-22-17-9-5-6-15(14-17)18(21)20-12-10-19(11-13-20)16-7-3-2-4-8-16/h2-9,14H,10-13H2,1H3. The summed E-state index contributed by atoms with van der Waals surface area (Å²) < 4.78 is 0. The van der Waals surface area contributed by atoms with Gasteiger partial charge in [0.15, 0.2) is 0 Å². The SMILES string of the molecule is CSc1cccc(C(=O)N2CCN(c3ccccc3)CC2)c1. The molecule has 0 radical (unpaired) electrons. The monoisotopic (exact) mass is 312 g/mol. The topological polar surface area (TPSA) is 23.6 Å². The van der Waals surface area contributed by atoms with Crippen molar-refractivity contribution in [3.05, 3.63) is 60.2 Å². The number of piperazine rings is 1. The van der Waals surface area contributed by atoms with E-state index in [9.17, 15) is 4.79 Å². The largest absolute Gasteiger partial charge is 0.368 e. The summed E-state index contributed by atoms with van der Waals surface area (Å²) in [5, 5.41) is 0. The highest BCUT2D eigenvalue weighted by Gasteiger charge is 2.22. The van der Waals surface area contributed by atoms with Gasteiger partial charge < -0.3 is 9.80 Å². The number of amides is 1. The third-order valence-corrected chi connectivity index (χ3v) is 4.73. The van der Waals surface area contributed by atoms with Gasteiger partial charge in [-0.1, -0.05) is 24.3 Å². The molecular weight excluding hydrogens is 292 g/mol. The minimum absolute atomic E-state index is 0.142. The third-order valence-electron chi connectivity index (χ3n) is 4.00. The average molecular weight is 312 g/mol. The smallest absolute Gasteiger partial charge is 0.254 e. The lowest BCUT2D eigenvalue weighted by Crippen LogP contribution is -2.48. The maximum Gasteiger partial charge on any atom is 0.254 e. The highest BCUT2D eigenvalue weighted by Crippen LogP contribution is 2.19. The van der Waals surface area contributed by atoms with E-state index in [4.69, 9.17) is 0 Å². The number of rotatable bonds is 3. The van der Waals surface area contributed by atoms with Crippen LogP contribution < -0.4 is 4.90 Å². The van der Waals surface area contributed by atoms with Gasteiger partial charge in [0.1, 0.15) is 0 Å². The molecule has 1 aliphatic heterocycles. The molecule has 0 bridgehead atoms. The Bertz CT molecular complexity index is 637. The number of hydrogen-bond acceptors (Lipinski definition) is 3. The molecule has 1 fully saturated rings. The predicted octanol–water partition coefficient (Wildman–Crippen LogP) is 3.37. The fourth-order valence-electron chi connectivity index (χ4n) is 2.75. The molecule has 2 aromatic carbocycles. The van der Waals surface area contributed by atoms with Crippen molar-refractivity contribution < 1.29 is 4.79 Å². The second-order valence-electron chi connectivity index (χ2n) is 5.35. The molecule has 4 heteroatoms. The van der Waals surface area contributed by atoms with Gasteiger partial charge in [-0.15, -0.1) is 11.8 Å². The lowest BCUT2D eigenvalue weighted by molar-refractivity contribution is 0.0746.